The van der Waals surface area contributed by atoms with E-state index in [1.165, 1.54) is 44.2 Å². The van der Waals surface area contributed by atoms with Crippen molar-refractivity contribution in [2.24, 2.45) is 0 Å². The fourth-order valence-electron chi connectivity index (χ4n) is 5.52. The van der Waals surface area contributed by atoms with Crippen LogP contribution in [0.2, 0.25) is 0 Å². The summed E-state index contributed by atoms with van der Waals surface area (Å²) in [4.78, 5) is 0. The summed E-state index contributed by atoms with van der Waals surface area (Å²) < 4.78 is 5.69. The molecule has 0 aliphatic heterocycles. The van der Waals surface area contributed by atoms with Gasteiger partial charge >= 0.3 is 0 Å². The predicted octanol–water partition coefficient (Wildman–Crippen LogP) is 8.58. The number of aryl methyl sites for hydroxylation is 2. The van der Waals surface area contributed by atoms with Gasteiger partial charge in [-0.2, -0.15) is 0 Å². The Morgan fingerprint density at radius 2 is 1.31 bits per heavy atom. The SMILES string of the molecule is COc1ccc(-c2cc3c4c(ccc(-c5ccc(O)c(C(C)(C)C)c5)c4c2)CC3)cc1C(C)(C)C. The third-order valence-electron chi connectivity index (χ3n) is 7.40. The fraction of sp³-hybridized carbons (Fsp3) is 0.333. The average Bonchev–Trinajstić information content (AvgIpc) is 3.22. The van der Waals surface area contributed by atoms with Gasteiger partial charge in [-0.05, 0) is 104 Å². The van der Waals surface area contributed by atoms with Gasteiger partial charge in [0.15, 0.2) is 0 Å². The first-order valence-corrected chi connectivity index (χ1v) is 12.6. The molecule has 0 atom stereocenters. The number of methoxy groups -OCH3 is 1. The van der Waals surface area contributed by atoms with Crippen LogP contribution in [0.15, 0.2) is 60.7 Å². The van der Waals surface area contributed by atoms with Gasteiger partial charge in [0.2, 0.25) is 0 Å². The Balaban J connectivity index is 1.74. The van der Waals surface area contributed by atoms with Crippen LogP contribution in [0.1, 0.15) is 63.8 Å². The quantitative estimate of drug-likeness (QED) is 0.329. The van der Waals surface area contributed by atoms with Gasteiger partial charge in [-0.3, -0.25) is 0 Å². The molecule has 0 spiro atoms. The Bertz CT molecular complexity index is 1450. The maximum absolute atomic E-state index is 10.5. The lowest BCUT2D eigenvalue weighted by Gasteiger charge is -2.23. The molecular formula is C33H36O2. The summed E-state index contributed by atoms with van der Waals surface area (Å²) >= 11 is 0. The number of hydrogen-bond donors (Lipinski definition) is 1. The maximum atomic E-state index is 10.5. The zero-order valence-electron chi connectivity index (χ0n) is 22.0. The van der Waals surface area contributed by atoms with Gasteiger partial charge in [-0.1, -0.05) is 71.9 Å². The Morgan fingerprint density at radius 1 is 0.657 bits per heavy atom. The Kier molecular flexibility index (Phi) is 5.47. The Labute approximate surface area is 209 Å². The second-order valence-corrected chi connectivity index (χ2v) is 12.0. The summed E-state index contributed by atoms with van der Waals surface area (Å²) in [6.45, 7) is 13.1. The van der Waals surface area contributed by atoms with E-state index >= 15 is 0 Å². The third kappa shape index (κ3) is 4.10. The molecule has 1 aliphatic carbocycles. The summed E-state index contributed by atoms with van der Waals surface area (Å²) in [6.07, 6.45) is 2.17. The van der Waals surface area contributed by atoms with Crippen molar-refractivity contribution < 1.29 is 9.84 Å². The van der Waals surface area contributed by atoms with Crippen LogP contribution in [-0.2, 0) is 23.7 Å². The van der Waals surface area contributed by atoms with Gasteiger partial charge in [0.25, 0.3) is 0 Å². The molecule has 2 nitrogen and oxygen atoms in total. The lowest BCUT2D eigenvalue weighted by atomic mass is 9.83. The highest BCUT2D eigenvalue weighted by Crippen LogP contribution is 2.43. The summed E-state index contributed by atoms with van der Waals surface area (Å²) in [5.41, 5.74) is 9.76. The molecule has 0 bridgehead atoms. The van der Waals surface area contributed by atoms with Crippen LogP contribution in [0.25, 0.3) is 33.0 Å². The number of hydrogen-bond acceptors (Lipinski definition) is 2. The first-order chi connectivity index (χ1) is 16.5. The van der Waals surface area contributed by atoms with E-state index in [9.17, 15) is 5.11 Å². The number of rotatable bonds is 3. The maximum Gasteiger partial charge on any atom is 0.122 e. The van der Waals surface area contributed by atoms with Crippen molar-refractivity contribution in [2.45, 2.75) is 65.2 Å². The second-order valence-electron chi connectivity index (χ2n) is 12.0. The number of benzene rings is 4. The number of ether oxygens (including phenoxy) is 1. The van der Waals surface area contributed by atoms with E-state index in [0.717, 1.165) is 29.7 Å². The van der Waals surface area contributed by atoms with E-state index in [4.69, 9.17) is 4.74 Å². The average molecular weight is 465 g/mol. The molecule has 0 unspecified atom stereocenters. The molecule has 0 saturated heterocycles. The van der Waals surface area contributed by atoms with Gasteiger partial charge in [-0.25, -0.2) is 0 Å². The van der Waals surface area contributed by atoms with Crippen LogP contribution in [0.4, 0.5) is 0 Å². The van der Waals surface area contributed by atoms with Crippen LogP contribution in [0, 0.1) is 0 Å². The largest absolute Gasteiger partial charge is 0.508 e. The van der Waals surface area contributed by atoms with Crippen LogP contribution in [0.5, 0.6) is 11.5 Å². The van der Waals surface area contributed by atoms with Crippen molar-refractivity contribution in [3.05, 3.63) is 82.9 Å². The van der Waals surface area contributed by atoms with Crippen molar-refractivity contribution in [3.63, 3.8) is 0 Å². The van der Waals surface area contributed by atoms with Crippen molar-refractivity contribution in [1.29, 1.82) is 0 Å². The fourth-order valence-corrected chi connectivity index (χ4v) is 5.52. The topological polar surface area (TPSA) is 29.5 Å². The minimum atomic E-state index is -0.132. The molecule has 0 amide bonds. The van der Waals surface area contributed by atoms with E-state index < -0.39 is 0 Å². The minimum Gasteiger partial charge on any atom is -0.508 e. The molecule has 180 valence electrons. The number of phenolic OH excluding ortho intramolecular Hbond substituents is 1. The summed E-state index contributed by atoms with van der Waals surface area (Å²) in [6, 6.07) is 21.9. The lowest BCUT2D eigenvalue weighted by Crippen LogP contribution is -2.12. The van der Waals surface area contributed by atoms with Crippen LogP contribution in [-0.4, -0.2) is 12.2 Å². The van der Waals surface area contributed by atoms with Crippen molar-refractivity contribution in [2.75, 3.05) is 7.11 Å². The zero-order chi connectivity index (χ0) is 25.1. The molecule has 4 aromatic carbocycles. The Morgan fingerprint density at radius 3 is 2.00 bits per heavy atom. The molecule has 5 rings (SSSR count). The summed E-state index contributed by atoms with van der Waals surface area (Å²) in [5, 5.41) is 13.2. The molecule has 1 aliphatic rings. The van der Waals surface area contributed by atoms with Crippen LogP contribution >= 0.6 is 0 Å². The molecule has 1 N–H and O–H groups in total. The molecule has 0 radical (unpaired) electrons. The number of phenols is 1. The zero-order valence-corrected chi connectivity index (χ0v) is 22.0. The molecule has 4 aromatic rings. The van der Waals surface area contributed by atoms with Gasteiger partial charge < -0.3 is 9.84 Å². The molecule has 0 fully saturated rings. The first kappa shape index (κ1) is 23.5. The summed E-state index contributed by atoms with van der Waals surface area (Å²) in [7, 11) is 1.75. The highest BCUT2D eigenvalue weighted by molar-refractivity contribution is 6.03. The monoisotopic (exact) mass is 464 g/mol. The molecule has 0 saturated carbocycles. The van der Waals surface area contributed by atoms with Crippen LogP contribution < -0.4 is 4.74 Å². The minimum absolute atomic E-state index is 0.0112. The number of aromatic hydroxyl groups is 1. The standard InChI is InChI=1S/C33H36O2/c1-32(2,3)27-19-22(11-14-29(27)34)25-13-10-20-8-9-23-16-24(17-26(25)31(20)23)21-12-15-30(35-7)28(18-21)33(4,5)6/h10-19,34H,8-9H2,1-7H3. The van der Waals surface area contributed by atoms with Gasteiger partial charge in [0.1, 0.15) is 11.5 Å². The lowest BCUT2D eigenvalue weighted by molar-refractivity contribution is 0.397. The van der Waals surface area contributed by atoms with E-state index in [1.54, 1.807) is 7.11 Å². The van der Waals surface area contributed by atoms with Gasteiger partial charge in [-0.15, -0.1) is 0 Å². The Hall–Kier alpha value is -3.26. The van der Waals surface area contributed by atoms with Gasteiger partial charge in [0.05, 0.1) is 7.11 Å². The van der Waals surface area contributed by atoms with Crippen molar-refractivity contribution in [3.8, 4) is 33.8 Å². The first-order valence-electron chi connectivity index (χ1n) is 12.6. The van der Waals surface area contributed by atoms with Crippen molar-refractivity contribution in [1.82, 2.24) is 0 Å². The van der Waals surface area contributed by atoms with E-state index in [2.05, 4.69) is 90.1 Å². The second kappa shape index (κ2) is 8.16. The summed E-state index contributed by atoms with van der Waals surface area (Å²) in [5.74, 6) is 1.30. The van der Waals surface area contributed by atoms with Gasteiger partial charge in [0, 0.05) is 5.56 Å². The van der Waals surface area contributed by atoms with E-state index in [0.29, 0.717) is 5.75 Å². The highest BCUT2D eigenvalue weighted by Gasteiger charge is 2.23. The van der Waals surface area contributed by atoms with E-state index in [-0.39, 0.29) is 10.8 Å². The van der Waals surface area contributed by atoms with E-state index in [1.807, 2.05) is 12.1 Å². The molecule has 2 heteroatoms. The third-order valence-corrected chi connectivity index (χ3v) is 7.40. The normalized spacial score (nSPS) is 13.5. The molecule has 35 heavy (non-hydrogen) atoms. The van der Waals surface area contributed by atoms with Crippen LogP contribution in [0.3, 0.4) is 0 Å². The molecular weight excluding hydrogens is 428 g/mol. The highest BCUT2D eigenvalue weighted by atomic mass is 16.5. The van der Waals surface area contributed by atoms with Crippen molar-refractivity contribution >= 4 is 10.8 Å². The smallest absolute Gasteiger partial charge is 0.122 e. The predicted molar refractivity (Wildman–Crippen MR) is 148 cm³/mol. The molecule has 0 aromatic heterocycles. The molecule has 0 heterocycles.